The Morgan fingerprint density at radius 2 is 2.46 bits per heavy atom. The Hall–Kier alpha value is -0.990. The fraction of sp³-hybridized carbons (Fsp3) is 0.700. The van der Waals surface area contributed by atoms with Gasteiger partial charge < -0.3 is 10.1 Å². The van der Waals surface area contributed by atoms with E-state index in [1.165, 1.54) is 32.4 Å². The van der Waals surface area contributed by atoms with E-state index < -0.39 is 0 Å². The molecule has 0 aromatic rings. The fourth-order valence-electron chi connectivity index (χ4n) is 1.45. The Morgan fingerprint density at radius 1 is 1.69 bits per heavy atom. The minimum Gasteiger partial charge on any atom is -0.466 e. The number of nitrogens with one attached hydrogen (secondary N) is 1. The molecule has 1 fully saturated rings. The minimum atomic E-state index is -0.305. The number of hydrogen-bond acceptors (Lipinski definition) is 3. The molecule has 0 aromatic carbocycles. The third-order valence-electron chi connectivity index (χ3n) is 2.31. The lowest BCUT2D eigenvalue weighted by Crippen LogP contribution is -2.11. The van der Waals surface area contributed by atoms with Crippen LogP contribution in [0.15, 0.2) is 12.3 Å². The van der Waals surface area contributed by atoms with E-state index in [0.717, 1.165) is 5.92 Å². The zero-order chi connectivity index (χ0) is 9.68. The van der Waals surface area contributed by atoms with Gasteiger partial charge in [-0.25, -0.2) is 4.79 Å². The van der Waals surface area contributed by atoms with Gasteiger partial charge in [-0.05, 0) is 18.8 Å². The van der Waals surface area contributed by atoms with Gasteiger partial charge >= 0.3 is 5.97 Å². The quantitative estimate of drug-likeness (QED) is 0.518. The molecule has 3 heteroatoms. The van der Waals surface area contributed by atoms with Crippen LogP contribution in [0.25, 0.3) is 0 Å². The maximum atomic E-state index is 10.7. The van der Waals surface area contributed by atoms with Gasteiger partial charge in [0.25, 0.3) is 0 Å². The Balaban J connectivity index is 2.08. The van der Waals surface area contributed by atoms with E-state index in [2.05, 4.69) is 17.0 Å². The molecule has 0 radical (unpaired) electrons. The molecule has 0 aliphatic heterocycles. The Kier molecular flexibility index (Phi) is 3.80. The molecule has 1 N–H and O–H groups in total. The van der Waals surface area contributed by atoms with Crippen LogP contribution < -0.4 is 5.32 Å². The van der Waals surface area contributed by atoms with E-state index in [9.17, 15) is 4.79 Å². The van der Waals surface area contributed by atoms with Gasteiger partial charge in [0.1, 0.15) is 0 Å². The normalized spacial score (nSPS) is 26.0. The smallest absolute Gasteiger partial charge is 0.331 e. The van der Waals surface area contributed by atoms with Crippen molar-refractivity contribution in [3.05, 3.63) is 12.3 Å². The van der Waals surface area contributed by atoms with Crippen LogP contribution in [0.5, 0.6) is 0 Å². The Bertz CT molecular complexity index is 201. The Morgan fingerprint density at radius 3 is 3.08 bits per heavy atom. The van der Waals surface area contributed by atoms with Crippen LogP contribution in [-0.4, -0.2) is 19.1 Å². The third kappa shape index (κ3) is 3.49. The Labute approximate surface area is 79.2 Å². The first kappa shape index (κ1) is 10.1. The van der Waals surface area contributed by atoms with Crippen molar-refractivity contribution in [1.82, 2.24) is 5.32 Å². The van der Waals surface area contributed by atoms with Crippen molar-refractivity contribution in [3.63, 3.8) is 0 Å². The highest BCUT2D eigenvalue weighted by Crippen LogP contribution is 2.34. The van der Waals surface area contributed by atoms with Crippen molar-refractivity contribution in [2.45, 2.75) is 32.2 Å². The van der Waals surface area contributed by atoms with Crippen molar-refractivity contribution in [2.24, 2.45) is 5.92 Å². The molecule has 0 bridgehead atoms. The van der Waals surface area contributed by atoms with Crippen molar-refractivity contribution in [1.29, 1.82) is 0 Å². The van der Waals surface area contributed by atoms with Gasteiger partial charge in [0, 0.05) is 18.3 Å². The summed E-state index contributed by atoms with van der Waals surface area (Å²) < 4.78 is 4.46. The zero-order valence-corrected chi connectivity index (χ0v) is 8.25. The molecule has 0 aromatic heterocycles. The summed E-state index contributed by atoms with van der Waals surface area (Å²) in [7, 11) is 1.38. The number of carbonyl (C=O) groups is 1. The third-order valence-corrected chi connectivity index (χ3v) is 2.31. The van der Waals surface area contributed by atoms with E-state index in [1.807, 2.05) is 0 Å². The monoisotopic (exact) mass is 183 g/mol. The summed E-state index contributed by atoms with van der Waals surface area (Å²) in [6.07, 6.45) is 6.86. The molecular weight excluding hydrogens is 166 g/mol. The van der Waals surface area contributed by atoms with Crippen LogP contribution >= 0.6 is 0 Å². The van der Waals surface area contributed by atoms with Crippen molar-refractivity contribution in [3.8, 4) is 0 Å². The molecule has 0 saturated heterocycles. The first-order valence-corrected chi connectivity index (χ1v) is 4.78. The molecule has 1 rings (SSSR count). The van der Waals surface area contributed by atoms with Gasteiger partial charge in [-0.2, -0.15) is 0 Å². The van der Waals surface area contributed by atoms with Crippen LogP contribution in [0.2, 0.25) is 0 Å². The first-order valence-electron chi connectivity index (χ1n) is 4.78. The summed E-state index contributed by atoms with van der Waals surface area (Å²) >= 11 is 0. The van der Waals surface area contributed by atoms with Gasteiger partial charge in [0.2, 0.25) is 0 Å². The van der Waals surface area contributed by atoms with E-state index in [-0.39, 0.29) is 5.97 Å². The maximum absolute atomic E-state index is 10.7. The van der Waals surface area contributed by atoms with Crippen LogP contribution in [0.4, 0.5) is 0 Å². The van der Waals surface area contributed by atoms with Gasteiger partial charge in [-0.3, -0.25) is 0 Å². The summed E-state index contributed by atoms with van der Waals surface area (Å²) in [5, 5.41) is 3.18. The van der Waals surface area contributed by atoms with Crippen molar-refractivity contribution >= 4 is 5.97 Å². The molecular formula is C10H17NO2. The van der Waals surface area contributed by atoms with Gasteiger partial charge in [0.15, 0.2) is 0 Å². The number of carbonyl (C=O) groups excluding carboxylic acids is 1. The van der Waals surface area contributed by atoms with Gasteiger partial charge in [-0.15, -0.1) is 0 Å². The molecule has 2 unspecified atom stereocenters. The first-order chi connectivity index (χ1) is 6.27. The average molecular weight is 183 g/mol. The van der Waals surface area contributed by atoms with Crippen LogP contribution in [0.1, 0.15) is 26.2 Å². The number of rotatable bonds is 5. The van der Waals surface area contributed by atoms with E-state index in [4.69, 9.17) is 0 Å². The second kappa shape index (κ2) is 4.90. The molecule has 1 aliphatic rings. The molecule has 0 amide bonds. The highest BCUT2D eigenvalue weighted by atomic mass is 16.5. The second-order valence-corrected chi connectivity index (χ2v) is 3.41. The lowest BCUT2D eigenvalue weighted by atomic mass is 10.2. The van der Waals surface area contributed by atoms with Crippen LogP contribution in [0.3, 0.4) is 0 Å². The lowest BCUT2D eigenvalue weighted by molar-refractivity contribution is -0.134. The predicted octanol–water partition coefficient (Wildman–Crippen LogP) is 1.45. The fourth-order valence-corrected chi connectivity index (χ4v) is 1.45. The summed E-state index contributed by atoms with van der Waals surface area (Å²) in [5.74, 6) is 0.507. The molecule has 3 nitrogen and oxygen atoms in total. The number of methoxy groups -OCH3 is 1. The van der Waals surface area contributed by atoms with E-state index in [1.54, 1.807) is 6.20 Å². The summed E-state index contributed by atoms with van der Waals surface area (Å²) in [5.41, 5.74) is 0. The topological polar surface area (TPSA) is 38.3 Å². The van der Waals surface area contributed by atoms with Crippen molar-refractivity contribution in [2.75, 3.05) is 7.11 Å². The summed E-state index contributed by atoms with van der Waals surface area (Å²) in [6, 6.07) is 0.584. The molecule has 13 heavy (non-hydrogen) atoms. The second-order valence-electron chi connectivity index (χ2n) is 3.41. The molecule has 74 valence electrons. The van der Waals surface area contributed by atoms with Gasteiger partial charge in [-0.1, -0.05) is 13.3 Å². The largest absolute Gasteiger partial charge is 0.466 e. The standard InChI is InChI=1S/C10H17NO2/c1-3-4-8-7-9(8)11-6-5-10(12)13-2/h5-6,8-9,11H,3-4,7H2,1-2H3/b6-5+. The molecule has 0 heterocycles. The molecule has 0 spiro atoms. The summed E-state index contributed by atoms with van der Waals surface area (Å²) in [4.78, 5) is 10.7. The molecule has 1 saturated carbocycles. The summed E-state index contributed by atoms with van der Waals surface area (Å²) in [6.45, 7) is 2.19. The molecule has 2 atom stereocenters. The zero-order valence-electron chi connectivity index (χ0n) is 8.25. The lowest BCUT2D eigenvalue weighted by Gasteiger charge is -1.97. The van der Waals surface area contributed by atoms with Crippen molar-refractivity contribution < 1.29 is 9.53 Å². The maximum Gasteiger partial charge on any atom is 0.331 e. The highest BCUT2D eigenvalue weighted by Gasteiger charge is 2.34. The van der Waals surface area contributed by atoms with E-state index in [0.29, 0.717) is 6.04 Å². The van der Waals surface area contributed by atoms with E-state index >= 15 is 0 Å². The van der Waals surface area contributed by atoms with Crippen LogP contribution in [-0.2, 0) is 9.53 Å². The average Bonchev–Trinajstić information content (AvgIpc) is 2.84. The van der Waals surface area contributed by atoms with Gasteiger partial charge in [0.05, 0.1) is 7.11 Å². The SMILES string of the molecule is CCCC1CC1N/C=C/C(=O)OC. The number of hydrogen-bond donors (Lipinski definition) is 1. The number of ether oxygens (including phenoxy) is 1. The predicted molar refractivity (Wildman–Crippen MR) is 51.1 cm³/mol. The highest BCUT2D eigenvalue weighted by molar-refractivity contribution is 5.81. The molecule has 1 aliphatic carbocycles. The van der Waals surface area contributed by atoms with Crippen LogP contribution in [0, 0.1) is 5.92 Å². The minimum absolute atomic E-state index is 0.305. The number of esters is 1.